The first-order chi connectivity index (χ1) is 9.74. The number of amides is 2. The highest BCUT2D eigenvalue weighted by Crippen LogP contribution is 2.21. The molecule has 3 rings (SSSR count). The molecule has 5 nitrogen and oxygen atoms in total. The third kappa shape index (κ3) is 2.78. The minimum Gasteiger partial charge on any atom is -0.326 e. The zero-order chi connectivity index (χ0) is 13.9. The van der Waals surface area contributed by atoms with Crippen LogP contribution in [0.4, 0.5) is 10.5 Å². The highest BCUT2D eigenvalue weighted by Gasteiger charge is 2.26. The van der Waals surface area contributed by atoms with Crippen molar-refractivity contribution in [1.29, 1.82) is 0 Å². The number of benzene rings is 1. The van der Waals surface area contributed by atoms with Crippen molar-refractivity contribution >= 4 is 11.7 Å². The fourth-order valence-electron chi connectivity index (χ4n) is 2.84. The van der Waals surface area contributed by atoms with Crippen LogP contribution in [0.15, 0.2) is 24.3 Å². The molecule has 0 atom stereocenters. The van der Waals surface area contributed by atoms with E-state index >= 15 is 0 Å². The van der Waals surface area contributed by atoms with Gasteiger partial charge in [0, 0.05) is 58.5 Å². The van der Waals surface area contributed by atoms with Gasteiger partial charge < -0.3 is 10.2 Å². The Morgan fingerprint density at radius 1 is 1.15 bits per heavy atom. The van der Waals surface area contributed by atoms with E-state index in [0.717, 1.165) is 51.5 Å². The molecule has 2 amide bonds. The van der Waals surface area contributed by atoms with E-state index in [1.54, 1.807) is 4.90 Å². The summed E-state index contributed by atoms with van der Waals surface area (Å²) in [6.07, 6.45) is 0. The van der Waals surface area contributed by atoms with E-state index in [0.29, 0.717) is 0 Å². The van der Waals surface area contributed by atoms with Gasteiger partial charge in [-0.05, 0) is 17.7 Å². The van der Waals surface area contributed by atoms with Crippen LogP contribution >= 0.6 is 0 Å². The van der Waals surface area contributed by atoms with E-state index < -0.39 is 0 Å². The van der Waals surface area contributed by atoms with Gasteiger partial charge in [-0.1, -0.05) is 12.1 Å². The number of nitrogens with one attached hydrogen (secondary N) is 1. The molecule has 5 heteroatoms. The van der Waals surface area contributed by atoms with Crippen LogP contribution in [0.3, 0.4) is 0 Å². The molecule has 2 aliphatic rings. The maximum Gasteiger partial charge on any atom is 0.324 e. The lowest BCUT2D eigenvalue weighted by molar-refractivity contribution is 0.229. The second-order valence-corrected chi connectivity index (χ2v) is 5.55. The Balaban J connectivity index is 1.71. The minimum atomic E-state index is 0.101. The lowest BCUT2D eigenvalue weighted by Crippen LogP contribution is -2.42. The van der Waals surface area contributed by atoms with E-state index in [2.05, 4.69) is 28.4 Å². The van der Waals surface area contributed by atoms with Gasteiger partial charge in [0.2, 0.25) is 0 Å². The minimum absolute atomic E-state index is 0.101. The number of hydrogen-bond acceptors (Lipinski definition) is 3. The van der Waals surface area contributed by atoms with Crippen LogP contribution in [-0.4, -0.2) is 62.1 Å². The molecular weight excluding hydrogens is 252 g/mol. The summed E-state index contributed by atoms with van der Waals surface area (Å²) >= 11 is 0. The Kier molecular flexibility index (Phi) is 3.89. The second-order valence-electron chi connectivity index (χ2n) is 5.55. The smallest absolute Gasteiger partial charge is 0.324 e. The fraction of sp³-hybridized carbons (Fsp3) is 0.533. The Labute approximate surface area is 120 Å². The zero-order valence-electron chi connectivity index (χ0n) is 12.0. The van der Waals surface area contributed by atoms with Crippen LogP contribution < -0.4 is 10.2 Å². The summed E-state index contributed by atoms with van der Waals surface area (Å²) in [6, 6.07) is 8.48. The van der Waals surface area contributed by atoms with Crippen LogP contribution in [0.2, 0.25) is 0 Å². The van der Waals surface area contributed by atoms with Crippen molar-refractivity contribution < 1.29 is 4.79 Å². The first-order valence-corrected chi connectivity index (χ1v) is 7.29. The SMILES string of the molecule is CN1CCN(c2cccc(CN3CCNCC3)c2)C1=O. The van der Waals surface area contributed by atoms with Crippen LogP contribution in [0.1, 0.15) is 5.56 Å². The average molecular weight is 274 g/mol. The molecule has 0 saturated carbocycles. The van der Waals surface area contributed by atoms with E-state index in [9.17, 15) is 4.79 Å². The highest BCUT2D eigenvalue weighted by molar-refractivity contribution is 5.93. The summed E-state index contributed by atoms with van der Waals surface area (Å²) in [5.74, 6) is 0. The molecular formula is C15H22N4O. The average Bonchev–Trinajstić information content (AvgIpc) is 2.80. The number of hydrogen-bond donors (Lipinski definition) is 1. The number of piperazine rings is 1. The van der Waals surface area contributed by atoms with Gasteiger partial charge in [0.05, 0.1) is 0 Å². The summed E-state index contributed by atoms with van der Waals surface area (Å²) in [6.45, 7) is 6.87. The molecule has 1 N–H and O–H groups in total. The largest absolute Gasteiger partial charge is 0.326 e. The fourth-order valence-corrected chi connectivity index (χ4v) is 2.84. The second kappa shape index (κ2) is 5.81. The Morgan fingerprint density at radius 3 is 2.65 bits per heavy atom. The number of carbonyl (C=O) groups excluding carboxylic acids is 1. The molecule has 0 aliphatic carbocycles. The Hall–Kier alpha value is -1.59. The molecule has 0 unspecified atom stereocenters. The molecule has 20 heavy (non-hydrogen) atoms. The van der Waals surface area contributed by atoms with Gasteiger partial charge >= 0.3 is 6.03 Å². The molecule has 0 radical (unpaired) electrons. The Morgan fingerprint density at radius 2 is 1.95 bits per heavy atom. The van der Waals surface area contributed by atoms with Crippen molar-refractivity contribution in [1.82, 2.24) is 15.1 Å². The van der Waals surface area contributed by atoms with Crippen molar-refractivity contribution in [3.05, 3.63) is 29.8 Å². The number of rotatable bonds is 3. The topological polar surface area (TPSA) is 38.8 Å². The standard InChI is InChI=1S/C15H22N4O/c1-17-9-10-19(15(17)20)14-4-2-3-13(11-14)12-18-7-5-16-6-8-18/h2-4,11,16H,5-10,12H2,1H3. The van der Waals surface area contributed by atoms with Crippen molar-refractivity contribution in [2.75, 3.05) is 51.2 Å². The van der Waals surface area contributed by atoms with Crippen LogP contribution in [0.5, 0.6) is 0 Å². The highest BCUT2D eigenvalue weighted by atomic mass is 16.2. The van der Waals surface area contributed by atoms with E-state index in [-0.39, 0.29) is 6.03 Å². The van der Waals surface area contributed by atoms with Crippen molar-refractivity contribution in [3.63, 3.8) is 0 Å². The molecule has 0 spiro atoms. The van der Waals surface area contributed by atoms with Gasteiger partial charge in [-0.2, -0.15) is 0 Å². The molecule has 0 aromatic heterocycles. The molecule has 2 fully saturated rings. The first-order valence-electron chi connectivity index (χ1n) is 7.29. The number of anilines is 1. The molecule has 2 saturated heterocycles. The number of likely N-dealkylation sites (N-methyl/N-ethyl adjacent to an activating group) is 1. The van der Waals surface area contributed by atoms with Crippen molar-refractivity contribution in [2.45, 2.75) is 6.54 Å². The quantitative estimate of drug-likeness (QED) is 0.892. The predicted octanol–water partition coefficient (Wildman–Crippen LogP) is 0.964. The third-order valence-electron chi connectivity index (χ3n) is 4.05. The molecule has 2 heterocycles. The molecule has 0 bridgehead atoms. The number of carbonyl (C=O) groups is 1. The predicted molar refractivity (Wildman–Crippen MR) is 80.0 cm³/mol. The lowest BCUT2D eigenvalue weighted by atomic mass is 10.1. The number of nitrogens with zero attached hydrogens (tertiary/aromatic N) is 3. The maximum absolute atomic E-state index is 12.0. The molecule has 1 aromatic carbocycles. The Bertz CT molecular complexity index is 485. The molecule has 108 valence electrons. The summed E-state index contributed by atoms with van der Waals surface area (Å²) in [5.41, 5.74) is 2.30. The van der Waals surface area contributed by atoms with Gasteiger partial charge in [-0.25, -0.2) is 4.79 Å². The van der Waals surface area contributed by atoms with Gasteiger partial charge in [-0.3, -0.25) is 9.80 Å². The van der Waals surface area contributed by atoms with Gasteiger partial charge in [0.25, 0.3) is 0 Å². The molecule has 1 aromatic rings. The van der Waals surface area contributed by atoms with E-state index in [4.69, 9.17) is 0 Å². The van der Waals surface area contributed by atoms with E-state index in [1.807, 2.05) is 18.0 Å². The third-order valence-corrected chi connectivity index (χ3v) is 4.05. The van der Waals surface area contributed by atoms with Crippen LogP contribution in [0.25, 0.3) is 0 Å². The van der Waals surface area contributed by atoms with Gasteiger partial charge in [0.15, 0.2) is 0 Å². The normalized spacial score (nSPS) is 20.8. The van der Waals surface area contributed by atoms with Crippen LogP contribution in [0, 0.1) is 0 Å². The van der Waals surface area contributed by atoms with Crippen molar-refractivity contribution in [3.8, 4) is 0 Å². The summed E-state index contributed by atoms with van der Waals surface area (Å²) < 4.78 is 0. The summed E-state index contributed by atoms with van der Waals surface area (Å²) in [5, 5.41) is 3.37. The van der Waals surface area contributed by atoms with Crippen molar-refractivity contribution in [2.24, 2.45) is 0 Å². The monoisotopic (exact) mass is 274 g/mol. The molecule has 2 aliphatic heterocycles. The van der Waals surface area contributed by atoms with Gasteiger partial charge in [-0.15, -0.1) is 0 Å². The maximum atomic E-state index is 12.0. The summed E-state index contributed by atoms with van der Waals surface area (Å²) in [7, 11) is 1.85. The summed E-state index contributed by atoms with van der Waals surface area (Å²) in [4.78, 5) is 18.1. The zero-order valence-corrected chi connectivity index (χ0v) is 12.0. The lowest BCUT2D eigenvalue weighted by Gasteiger charge is -2.27. The first kappa shape index (κ1) is 13.4. The number of urea groups is 1. The van der Waals surface area contributed by atoms with Gasteiger partial charge in [0.1, 0.15) is 0 Å². The van der Waals surface area contributed by atoms with E-state index in [1.165, 1.54) is 5.56 Å². The van der Waals surface area contributed by atoms with Crippen LogP contribution in [-0.2, 0) is 6.54 Å².